The zero-order chi connectivity index (χ0) is 12.4. The number of nitrogens with zero attached hydrogens (tertiary/aromatic N) is 4. The number of hydrogen-bond acceptors (Lipinski definition) is 4. The lowest BCUT2D eigenvalue weighted by atomic mass is 10.1. The van der Waals surface area contributed by atoms with Gasteiger partial charge in [-0.1, -0.05) is 19.3 Å². The number of rotatable bonds is 1. The van der Waals surface area contributed by atoms with Crippen LogP contribution in [0.5, 0.6) is 5.88 Å². The quantitative estimate of drug-likeness (QED) is 0.838. The van der Waals surface area contributed by atoms with E-state index in [1.54, 1.807) is 12.4 Å². The predicted molar refractivity (Wildman–Crippen MR) is 69.9 cm³/mol. The molecule has 0 spiro atoms. The average Bonchev–Trinajstić information content (AvgIpc) is 2.69. The first-order valence-corrected chi connectivity index (χ1v) is 6.62. The Labute approximate surface area is 106 Å². The summed E-state index contributed by atoms with van der Waals surface area (Å²) in [6, 6.07) is 0. The maximum Gasteiger partial charge on any atom is 0.230 e. The van der Waals surface area contributed by atoms with Crippen molar-refractivity contribution in [1.82, 2.24) is 14.4 Å². The molecule has 2 aromatic heterocycles. The average molecular weight is 246 g/mol. The number of fused-ring (bicyclic) bond motifs is 1. The van der Waals surface area contributed by atoms with Crippen molar-refractivity contribution in [1.29, 1.82) is 0 Å². The highest BCUT2D eigenvalue weighted by Gasteiger charge is 2.15. The molecular formula is C13H18N4O. The standard InChI is InChI=1S/C13H18N4O/c18-11-10-17-9-6-14-12(13(17)15-11)16-7-4-2-1-3-5-8-16/h6,9-10,18H,1-5,7-8H2. The van der Waals surface area contributed by atoms with Gasteiger partial charge in [-0.2, -0.15) is 4.98 Å². The molecule has 3 rings (SSSR count). The minimum absolute atomic E-state index is 0.0521. The molecule has 0 atom stereocenters. The molecule has 0 bridgehead atoms. The van der Waals surface area contributed by atoms with Crippen LogP contribution in [0.1, 0.15) is 32.1 Å². The van der Waals surface area contributed by atoms with Crippen LogP contribution in [0, 0.1) is 0 Å². The van der Waals surface area contributed by atoms with Gasteiger partial charge >= 0.3 is 0 Å². The Morgan fingerprint density at radius 1 is 1.06 bits per heavy atom. The number of imidazole rings is 1. The maximum absolute atomic E-state index is 9.50. The van der Waals surface area contributed by atoms with Crippen molar-refractivity contribution in [3.8, 4) is 5.88 Å². The summed E-state index contributed by atoms with van der Waals surface area (Å²) in [5, 5.41) is 9.50. The van der Waals surface area contributed by atoms with Crippen LogP contribution in [0.25, 0.3) is 5.65 Å². The lowest BCUT2D eigenvalue weighted by Crippen LogP contribution is -2.28. The first kappa shape index (κ1) is 11.3. The van der Waals surface area contributed by atoms with Crippen LogP contribution in [0.3, 0.4) is 0 Å². The largest absolute Gasteiger partial charge is 0.492 e. The maximum atomic E-state index is 9.50. The second-order valence-corrected chi connectivity index (χ2v) is 4.84. The normalized spacial score (nSPS) is 17.7. The fourth-order valence-electron chi connectivity index (χ4n) is 2.58. The highest BCUT2D eigenvalue weighted by molar-refractivity contribution is 5.65. The molecule has 0 amide bonds. The summed E-state index contributed by atoms with van der Waals surface area (Å²) in [6.45, 7) is 2.06. The lowest BCUT2D eigenvalue weighted by Gasteiger charge is -2.25. The van der Waals surface area contributed by atoms with Gasteiger partial charge in [0.05, 0.1) is 6.20 Å². The smallest absolute Gasteiger partial charge is 0.230 e. The van der Waals surface area contributed by atoms with Crippen LogP contribution < -0.4 is 4.90 Å². The van der Waals surface area contributed by atoms with E-state index in [1.165, 1.54) is 32.1 Å². The third-order valence-electron chi connectivity index (χ3n) is 3.50. The Morgan fingerprint density at radius 3 is 2.56 bits per heavy atom. The third kappa shape index (κ3) is 2.12. The van der Waals surface area contributed by atoms with Crippen LogP contribution in [-0.2, 0) is 0 Å². The van der Waals surface area contributed by atoms with Gasteiger partial charge in [0.25, 0.3) is 0 Å². The van der Waals surface area contributed by atoms with E-state index in [0.29, 0.717) is 0 Å². The van der Waals surface area contributed by atoms with Crippen LogP contribution >= 0.6 is 0 Å². The van der Waals surface area contributed by atoms with Crippen molar-refractivity contribution < 1.29 is 5.11 Å². The molecule has 5 nitrogen and oxygen atoms in total. The SMILES string of the molecule is Oc1cn2ccnc(N3CCCCCCC3)c2n1. The summed E-state index contributed by atoms with van der Waals surface area (Å²) in [7, 11) is 0. The van der Waals surface area contributed by atoms with Crippen LogP contribution in [0.15, 0.2) is 18.6 Å². The Kier molecular flexibility index (Phi) is 3.04. The Balaban J connectivity index is 1.96. The summed E-state index contributed by atoms with van der Waals surface area (Å²) in [5.41, 5.74) is 0.746. The van der Waals surface area contributed by atoms with Crippen molar-refractivity contribution in [2.75, 3.05) is 18.0 Å². The second kappa shape index (κ2) is 4.84. The number of hydrogen-bond donors (Lipinski definition) is 1. The molecule has 96 valence electrons. The highest BCUT2D eigenvalue weighted by Crippen LogP contribution is 2.22. The summed E-state index contributed by atoms with van der Waals surface area (Å²) in [4.78, 5) is 10.9. The first-order valence-electron chi connectivity index (χ1n) is 6.62. The topological polar surface area (TPSA) is 53.7 Å². The van der Waals surface area contributed by atoms with Gasteiger partial charge in [-0.05, 0) is 12.8 Å². The molecule has 1 fully saturated rings. The summed E-state index contributed by atoms with van der Waals surface area (Å²) >= 11 is 0. The molecule has 2 aromatic rings. The van der Waals surface area contributed by atoms with Gasteiger partial charge in [0.1, 0.15) is 0 Å². The van der Waals surface area contributed by atoms with Gasteiger partial charge in [0.2, 0.25) is 5.88 Å². The van der Waals surface area contributed by atoms with E-state index >= 15 is 0 Å². The first-order chi connectivity index (χ1) is 8.84. The Morgan fingerprint density at radius 2 is 1.78 bits per heavy atom. The van der Waals surface area contributed by atoms with E-state index in [-0.39, 0.29) is 5.88 Å². The Hall–Kier alpha value is -1.78. The van der Waals surface area contributed by atoms with Gasteiger partial charge in [-0.15, -0.1) is 0 Å². The molecule has 18 heavy (non-hydrogen) atoms. The second-order valence-electron chi connectivity index (χ2n) is 4.84. The van der Waals surface area contributed by atoms with E-state index in [0.717, 1.165) is 24.6 Å². The van der Waals surface area contributed by atoms with Gasteiger partial charge in [0.15, 0.2) is 11.5 Å². The third-order valence-corrected chi connectivity index (χ3v) is 3.50. The molecule has 5 heteroatoms. The van der Waals surface area contributed by atoms with Crippen LogP contribution in [0.4, 0.5) is 5.82 Å². The van der Waals surface area contributed by atoms with Crippen LogP contribution in [-0.4, -0.2) is 32.6 Å². The molecule has 1 aliphatic heterocycles. The molecule has 1 N–H and O–H groups in total. The van der Waals surface area contributed by atoms with Crippen molar-refractivity contribution in [3.05, 3.63) is 18.6 Å². The van der Waals surface area contributed by atoms with Crippen molar-refractivity contribution >= 4 is 11.5 Å². The van der Waals surface area contributed by atoms with Crippen molar-refractivity contribution in [3.63, 3.8) is 0 Å². The number of aromatic nitrogens is 3. The summed E-state index contributed by atoms with van der Waals surface area (Å²) in [5.74, 6) is 0.941. The summed E-state index contributed by atoms with van der Waals surface area (Å²) < 4.78 is 1.83. The molecule has 0 aromatic carbocycles. The molecule has 0 unspecified atom stereocenters. The monoisotopic (exact) mass is 246 g/mol. The fraction of sp³-hybridized carbons (Fsp3) is 0.538. The van der Waals surface area contributed by atoms with Gasteiger partial charge < -0.3 is 10.0 Å². The molecule has 1 aliphatic rings. The molecular weight excluding hydrogens is 228 g/mol. The van der Waals surface area contributed by atoms with Gasteiger partial charge in [-0.3, -0.25) is 4.40 Å². The minimum atomic E-state index is 0.0521. The molecule has 0 aliphatic carbocycles. The predicted octanol–water partition coefficient (Wildman–Crippen LogP) is 2.21. The van der Waals surface area contributed by atoms with Crippen molar-refractivity contribution in [2.24, 2.45) is 0 Å². The number of aromatic hydroxyl groups is 1. The number of anilines is 1. The lowest BCUT2D eigenvalue weighted by molar-refractivity contribution is 0.457. The minimum Gasteiger partial charge on any atom is -0.492 e. The fourth-order valence-corrected chi connectivity index (χ4v) is 2.58. The van der Waals surface area contributed by atoms with E-state index in [9.17, 15) is 5.11 Å². The van der Waals surface area contributed by atoms with Crippen molar-refractivity contribution in [2.45, 2.75) is 32.1 Å². The molecule has 0 radical (unpaired) electrons. The van der Waals surface area contributed by atoms with Gasteiger partial charge in [-0.25, -0.2) is 4.98 Å². The summed E-state index contributed by atoms with van der Waals surface area (Å²) in [6.07, 6.45) is 11.5. The highest BCUT2D eigenvalue weighted by atomic mass is 16.3. The molecule has 1 saturated heterocycles. The van der Waals surface area contributed by atoms with E-state index < -0.39 is 0 Å². The molecule has 3 heterocycles. The molecule has 0 saturated carbocycles. The van der Waals surface area contributed by atoms with Crippen LogP contribution in [0.2, 0.25) is 0 Å². The Bertz CT molecular complexity index is 529. The zero-order valence-electron chi connectivity index (χ0n) is 10.4. The van der Waals surface area contributed by atoms with E-state index in [2.05, 4.69) is 14.9 Å². The van der Waals surface area contributed by atoms with E-state index in [1.807, 2.05) is 10.6 Å². The van der Waals surface area contributed by atoms with E-state index in [4.69, 9.17) is 0 Å². The van der Waals surface area contributed by atoms with Gasteiger partial charge in [0, 0.05) is 25.5 Å². The zero-order valence-corrected chi connectivity index (χ0v) is 10.4.